The smallest absolute Gasteiger partial charge is 0.127 e. The van der Waals surface area contributed by atoms with Crippen LogP contribution >= 0.6 is 0 Å². The molecule has 0 aliphatic heterocycles. The summed E-state index contributed by atoms with van der Waals surface area (Å²) in [6, 6.07) is 9.51. The van der Waals surface area contributed by atoms with Gasteiger partial charge < -0.3 is 10.8 Å². The molecule has 0 fully saturated rings. The number of aliphatic hydroxyl groups is 1. The van der Waals surface area contributed by atoms with Crippen LogP contribution < -0.4 is 5.73 Å². The lowest BCUT2D eigenvalue weighted by molar-refractivity contribution is 0.282. The van der Waals surface area contributed by atoms with Crippen molar-refractivity contribution in [3.05, 3.63) is 41.6 Å². The van der Waals surface area contributed by atoms with Gasteiger partial charge in [0, 0.05) is 6.07 Å². The van der Waals surface area contributed by atoms with Gasteiger partial charge in [0.1, 0.15) is 5.82 Å². The van der Waals surface area contributed by atoms with Crippen LogP contribution in [-0.4, -0.2) is 14.9 Å². The lowest BCUT2D eigenvalue weighted by Gasteiger charge is -2.04. The number of aromatic nitrogens is 2. The second-order valence-corrected chi connectivity index (χ2v) is 4.40. The highest BCUT2D eigenvalue weighted by molar-refractivity contribution is 5.43. The first-order chi connectivity index (χ1) is 8.74. The number of hydrogen-bond donors (Lipinski definition) is 2. The highest BCUT2D eigenvalue weighted by atomic mass is 16.3. The summed E-state index contributed by atoms with van der Waals surface area (Å²) in [6.45, 7) is 2.21. The monoisotopic (exact) mass is 245 g/mol. The lowest BCUT2D eigenvalue weighted by atomic mass is 10.2. The lowest BCUT2D eigenvalue weighted by Crippen LogP contribution is -2.02. The molecular weight excluding hydrogens is 226 g/mol. The number of aryl methyl sites for hydroxylation is 1. The third kappa shape index (κ3) is 2.71. The molecule has 18 heavy (non-hydrogen) atoms. The van der Waals surface area contributed by atoms with Crippen LogP contribution in [0.2, 0.25) is 0 Å². The van der Waals surface area contributed by atoms with Crippen LogP contribution in [0.4, 0.5) is 5.82 Å². The van der Waals surface area contributed by atoms with Gasteiger partial charge in [-0.05, 0) is 30.5 Å². The third-order valence-electron chi connectivity index (χ3n) is 2.94. The minimum Gasteiger partial charge on any atom is -0.392 e. The van der Waals surface area contributed by atoms with E-state index >= 15 is 0 Å². The zero-order valence-corrected chi connectivity index (χ0v) is 10.6. The van der Waals surface area contributed by atoms with Crippen LogP contribution in [0.3, 0.4) is 0 Å². The van der Waals surface area contributed by atoms with E-state index in [-0.39, 0.29) is 6.61 Å². The van der Waals surface area contributed by atoms with Crippen molar-refractivity contribution in [1.29, 1.82) is 0 Å². The number of benzene rings is 1. The molecule has 0 bridgehead atoms. The molecule has 0 saturated heterocycles. The van der Waals surface area contributed by atoms with E-state index in [1.165, 1.54) is 0 Å². The summed E-state index contributed by atoms with van der Waals surface area (Å²) in [5.74, 6) is 0.651. The SMILES string of the molecule is CCCCc1cc(N)n(-c2ccc(CO)cc2)n1. The van der Waals surface area contributed by atoms with E-state index in [9.17, 15) is 0 Å². The molecule has 0 amide bonds. The van der Waals surface area contributed by atoms with Gasteiger partial charge in [-0.25, -0.2) is 4.68 Å². The molecule has 0 aliphatic carbocycles. The number of anilines is 1. The number of nitrogen functional groups attached to an aromatic ring is 1. The first-order valence-corrected chi connectivity index (χ1v) is 6.29. The van der Waals surface area contributed by atoms with Gasteiger partial charge in [-0.2, -0.15) is 5.10 Å². The molecule has 1 aromatic carbocycles. The highest BCUT2D eigenvalue weighted by Crippen LogP contribution is 2.16. The zero-order chi connectivity index (χ0) is 13.0. The molecule has 4 heteroatoms. The van der Waals surface area contributed by atoms with Gasteiger partial charge in [-0.15, -0.1) is 0 Å². The maximum Gasteiger partial charge on any atom is 0.127 e. The van der Waals surface area contributed by atoms with E-state index < -0.39 is 0 Å². The van der Waals surface area contributed by atoms with Gasteiger partial charge in [0.05, 0.1) is 18.0 Å². The van der Waals surface area contributed by atoms with E-state index in [0.717, 1.165) is 36.2 Å². The molecule has 1 heterocycles. The summed E-state index contributed by atoms with van der Waals surface area (Å²) >= 11 is 0. The predicted molar refractivity (Wildman–Crippen MR) is 72.5 cm³/mol. The molecular formula is C14H19N3O. The Balaban J connectivity index is 2.23. The summed E-state index contributed by atoms with van der Waals surface area (Å²) < 4.78 is 1.74. The van der Waals surface area contributed by atoms with Gasteiger partial charge in [-0.3, -0.25) is 0 Å². The van der Waals surface area contributed by atoms with E-state index in [2.05, 4.69) is 12.0 Å². The molecule has 1 aromatic heterocycles. The Morgan fingerprint density at radius 1 is 1.28 bits per heavy atom. The van der Waals surface area contributed by atoms with Crippen molar-refractivity contribution in [2.24, 2.45) is 0 Å². The van der Waals surface area contributed by atoms with Crippen LogP contribution in [0, 0.1) is 0 Å². The van der Waals surface area contributed by atoms with Crippen LogP contribution in [0.25, 0.3) is 5.69 Å². The number of aliphatic hydroxyl groups excluding tert-OH is 1. The molecule has 0 radical (unpaired) electrons. The Hall–Kier alpha value is -1.81. The average molecular weight is 245 g/mol. The average Bonchev–Trinajstić information content (AvgIpc) is 2.78. The predicted octanol–water partition coefficient (Wildman–Crippen LogP) is 2.29. The first-order valence-electron chi connectivity index (χ1n) is 6.29. The Bertz CT molecular complexity index is 502. The minimum absolute atomic E-state index is 0.0522. The Kier molecular flexibility index (Phi) is 3.99. The van der Waals surface area contributed by atoms with Crippen molar-refractivity contribution in [1.82, 2.24) is 9.78 Å². The molecule has 3 N–H and O–H groups in total. The summed E-state index contributed by atoms with van der Waals surface area (Å²) in [5.41, 5.74) is 8.80. The normalized spacial score (nSPS) is 10.8. The van der Waals surface area contributed by atoms with Crippen LogP contribution in [0.5, 0.6) is 0 Å². The van der Waals surface area contributed by atoms with Crippen molar-refractivity contribution in [2.45, 2.75) is 32.8 Å². The van der Waals surface area contributed by atoms with Crippen LogP contribution in [0.15, 0.2) is 30.3 Å². The highest BCUT2D eigenvalue weighted by Gasteiger charge is 2.06. The van der Waals surface area contributed by atoms with Crippen LogP contribution in [0.1, 0.15) is 31.0 Å². The van der Waals surface area contributed by atoms with Gasteiger partial charge in [0.2, 0.25) is 0 Å². The van der Waals surface area contributed by atoms with Crippen molar-refractivity contribution in [2.75, 3.05) is 5.73 Å². The van der Waals surface area contributed by atoms with E-state index in [1.54, 1.807) is 4.68 Å². The Labute approximate surface area is 107 Å². The molecule has 96 valence electrons. The molecule has 0 saturated carbocycles. The van der Waals surface area contributed by atoms with Gasteiger partial charge in [-0.1, -0.05) is 25.5 Å². The topological polar surface area (TPSA) is 64.1 Å². The molecule has 4 nitrogen and oxygen atoms in total. The van der Waals surface area contributed by atoms with E-state index in [1.807, 2.05) is 30.3 Å². The summed E-state index contributed by atoms with van der Waals surface area (Å²) in [5, 5.41) is 13.5. The summed E-state index contributed by atoms with van der Waals surface area (Å²) in [4.78, 5) is 0. The fraction of sp³-hybridized carbons (Fsp3) is 0.357. The number of nitrogens with two attached hydrogens (primary N) is 1. The zero-order valence-electron chi connectivity index (χ0n) is 10.6. The number of unbranched alkanes of at least 4 members (excludes halogenated alkanes) is 1. The summed E-state index contributed by atoms with van der Waals surface area (Å²) in [7, 11) is 0. The van der Waals surface area contributed by atoms with Crippen LogP contribution in [-0.2, 0) is 13.0 Å². The molecule has 0 aliphatic rings. The molecule has 0 atom stereocenters. The Morgan fingerprint density at radius 3 is 2.61 bits per heavy atom. The standard InChI is InChI=1S/C14H19N3O/c1-2-3-4-12-9-14(15)17(16-12)13-7-5-11(10-18)6-8-13/h5-9,18H,2-4,10,15H2,1H3. The fourth-order valence-electron chi connectivity index (χ4n) is 1.88. The molecule has 0 spiro atoms. The number of hydrogen-bond acceptors (Lipinski definition) is 3. The van der Waals surface area contributed by atoms with E-state index in [0.29, 0.717) is 5.82 Å². The first kappa shape index (κ1) is 12.6. The molecule has 2 aromatic rings. The minimum atomic E-state index is 0.0522. The maximum atomic E-state index is 9.01. The largest absolute Gasteiger partial charge is 0.392 e. The number of nitrogens with zero attached hydrogens (tertiary/aromatic N) is 2. The maximum absolute atomic E-state index is 9.01. The summed E-state index contributed by atoms with van der Waals surface area (Å²) in [6.07, 6.45) is 3.24. The van der Waals surface area contributed by atoms with Gasteiger partial charge >= 0.3 is 0 Å². The Morgan fingerprint density at radius 2 is 2.00 bits per heavy atom. The second kappa shape index (κ2) is 5.69. The van der Waals surface area contributed by atoms with E-state index in [4.69, 9.17) is 10.8 Å². The van der Waals surface area contributed by atoms with Crippen molar-refractivity contribution in [3.8, 4) is 5.69 Å². The quantitative estimate of drug-likeness (QED) is 0.849. The molecule has 0 unspecified atom stereocenters. The van der Waals surface area contributed by atoms with Crippen molar-refractivity contribution in [3.63, 3.8) is 0 Å². The van der Waals surface area contributed by atoms with Crippen molar-refractivity contribution >= 4 is 5.82 Å². The van der Waals surface area contributed by atoms with Crippen molar-refractivity contribution < 1.29 is 5.11 Å². The van der Waals surface area contributed by atoms with Gasteiger partial charge in [0.15, 0.2) is 0 Å². The van der Waals surface area contributed by atoms with Gasteiger partial charge in [0.25, 0.3) is 0 Å². The third-order valence-corrected chi connectivity index (χ3v) is 2.94. The fourth-order valence-corrected chi connectivity index (χ4v) is 1.88. The second-order valence-electron chi connectivity index (χ2n) is 4.40. The number of rotatable bonds is 5. The molecule has 2 rings (SSSR count).